The molecular formula is C49H46N3+3. The number of fused-ring (bicyclic) bond motifs is 6. The number of nitrogens with zero attached hydrogens (tertiary/aromatic N) is 3. The van der Waals surface area contributed by atoms with Crippen LogP contribution in [-0.4, -0.2) is 0 Å². The van der Waals surface area contributed by atoms with Crippen LogP contribution in [0.25, 0.3) is 33.8 Å². The molecule has 0 saturated heterocycles. The Morgan fingerprint density at radius 3 is 1.85 bits per heavy atom. The molecule has 4 aromatic carbocycles. The molecule has 3 aromatic heterocycles. The van der Waals surface area contributed by atoms with Crippen molar-refractivity contribution in [1.82, 2.24) is 0 Å². The molecule has 2 aliphatic rings. The van der Waals surface area contributed by atoms with Crippen LogP contribution in [-0.2, 0) is 38.6 Å². The van der Waals surface area contributed by atoms with E-state index in [-0.39, 0.29) is 6.17 Å². The van der Waals surface area contributed by atoms with E-state index in [2.05, 4.69) is 180 Å². The van der Waals surface area contributed by atoms with E-state index >= 15 is 0 Å². The molecule has 0 amide bonds. The van der Waals surface area contributed by atoms with Crippen molar-refractivity contribution in [3.05, 3.63) is 196 Å². The summed E-state index contributed by atoms with van der Waals surface area (Å²) in [7, 11) is 0. The van der Waals surface area contributed by atoms with E-state index in [9.17, 15) is 0 Å². The predicted molar refractivity (Wildman–Crippen MR) is 209 cm³/mol. The fourth-order valence-corrected chi connectivity index (χ4v) is 8.57. The molecular weight excluding hydrogens is 631 g/mol. The van der Waals surface area contributed by atoms with Gasteiger partial charge in [0.15, 0.2) is 25.1 Å². The maximum absolute atomic E-state index is 2.52. The lowest BCUT2D eigenvalue weighted by Crippen LogP contribution is -2.57. The molecule has 3 heteroatoms. The average molecular weight is 677 g/mol. The van der Waals surface area contributed by atoms with Gasteiger partial charge in [0.2, 0.25) is 17.1 Å². The van der Waals surface area contributed by atoms with Gasteiger partial charge in [-0.2, -0.15) is 4.57 Å². The van der Waals surface area contributed by atoms with Gasteiger partial charge in [0.25, 0.3) is 0 Å². The van der Waals surface area contributed by atoms with Crippen LogP contribution in [0.15, 0.2) is 146 Å². The molecule has 7 aromatic rings. The summed E-state index contributed by atoms with van der Waals surface area (Å²) in [5, 5.41) is 0. The van der Waals surface area contributed by atoms with Crippen molar-refractivity contribution < 1.29 is 13.7 Å². The lowest BCUT2D eigenvalue weighted by molar-refractivity contribution is -0.921. The molecule has 2 aliphatic heterocycles. The summed E-state index contributed by atoms with van der Waals surface area (Å²) < 4.78 is 7.43. The molecule has 0 N–H and O–H groups in total. The highest BCUT2D eigenvalue weighted by Gasteiger charge is 2.44. The zero-order valence-electron chi connectivity index (χ0n) is 30.5. The van der Waals surface area contributed by atoms with Crippen LogP contribution in [0.1, 0.15) is 63.2 Å². The van der Waals surface area contributed by atoms with E-state index in [0.29, 0.717) is 0 Å². The zero-order valence-corrected chi connectivity index (χ0v) is 30.5. The molecule has 1 atom stereocenters. The van der Waals surface area contributed by atoms with E-state index in [0.717, 1.165) is 38.6 Å². The van der Waals surface area contributed by atoms with Crippen LogP contribution in [0.5, 0.6) is 0 Å². The Morgan fingerprint density at radius 1 is 0.500 bits per heavy atom. The van der Waals surface area contributed by atoms with Crippen LogP contribution >= 0.6 is 0 Å². The van der Waals surface area contributed by atoms with Crippen molar-refractivity contribution in [2.75, 3.05) is 0 Å². The molecule has 0 fully saturated rings. The Bertz CT molecular complexity index is 2470. The van der Waals surface area contributed by atoms with Gasteiger partial charge in [-0.05, 0) is 111 Å². The average Bonchev–Trinajstić information content (AvgIpc) is 3.71. The number of hydrogen-bond donors (Lipinski definition) is 0. The number of hydrogen-bond acceptors (Lipinski definition) is 0. The monoisotopic (exact) mass is 676 g/mol. The number of pyridine rings is 3. The van der Waals surface area contributed by atoms with Crippen molar-refractivity contribution in [3.63, 3.8) is 0 Å². The molecule has 0 bridgehead atoms. The summed E-state index contributed by atoms with van der Waals surface area (Å²) in [5.41, 5.74) is 20.2. The number of aromatic nitrogens is 3. The second kappa shape index (κ2) is 13.5. The van der Waals surface area contributed by atoms with Gasteiger partial charge in [-0.15, -0.1) is 9.13 Å². The van der Waals surface area contributed by atoms with Crippen molar-refractivity contribution in [2.45, 2.75) is 65.6 Å². The normalized spacial score (nSPS) is 13.8. The van der Waals surface area contributed by atoms with E-state index in [1.165, 1.54) is 83.8 Å². The number of aryl methyl sites for hydroxylation is 7. The third-order valence-corrected chi connectivity index (χ3v) is 11.3. The third-order valence-electron chi connectivity index (χ3n) is 11.3. The molecule has 0 saturated carbocycles. The van der Waals surface area contributed by atoms with Crippen LogP contribution < -0.4 is 13.7 Å². The van der Waals surface area contributed by atoms with Gasteiger partial charge in [0, 0.05) is 46.0 Å². The zero-order chi connectivity index (χ0) is 35.2. The summed E-state index contributed by atoms with van der Waals surface area (Å²) >= 11 is 0. The maximum Gasteiger partial charge on any atom is 0.381 e. The van der Waals surface area contributed by atoms with Gasteiger partial charge < -0.3 is 0 Å². The van der Waals surface area contributed by atoms with Crippen LogP contribution in [0, 0.1) is 13.8 Å². The van der Waals surface area contributed by atoms with Crippen molar-refractivity contribution in [2.24, 2.45) is 0 Å². The summed E-state index contributed by atoms with van der Waals surface area (Å²) in [6, 6.07) is 47.7. The second-order valence-electron chi connectivity index (χ2n) is 14.8. The minimum Gasteiger partial charge on any atom is -0.194 e. The molecule has 52 heavy (non-hydrogen) atoms. The number of benzene rings is 4. The van der Waals surface area contributed by atoms with Gasteiger partial charge in [-0.25, -0.2) is 0 Å². The Hall–Kier alpha value is -5.67. The Morgan fingerprint density at radius 2 is 1.08 bits per heavy atom. The fourth-order valence-electron chi connectivity index (χ4n) is 8.57. The molecule has 3 nitrogen and oxygen atoms in total. The summed E-state index contributed by atoms with van der Waals surface area (Å²) in [6.07, 6.45) is 12.4. The van der Waals surface area contributed by atoms with E-state index < -0.39 is 0 Å². The number of rotatable bonds is 9. The highest BCUT2D eigenvalue weighted by atomic mass is 15.2. The lowest BCUT2D eigenvalue weighted by atomic mass is 9.96. The molecule has 0 spiro atoms. The van der Waals surface area contributed by atoms with E-state index in [1.807, 2.05) is 0 Å². The van der Waals surface area contributed by atoms with Gasteiger partial charge in [-0.1, -0.05) is 73.7 Å². The lowest BCUT2D eigenvalue weighted by Gasteiger charge is -2.12. The maximum atomic E-state index is 2.52. The minimum atomic E-state index is 0.0437. The van der Waals surface area contributed by atoms with Crippen molar-refractivity contribution in [1.29, 1.82) is 0 Å². The smallest absolute Gasteiger partial charge is 0.194 e. The van der Waals surface area contributed by atoms with E-state index in [1.54, 1.807) is 0 Å². The SMILES string of the molecule is CCc1cc(CCc2ccc3[n+](c2)Cc2ccccc2-3)cc(CCc2ccc3[n+](c2)C([n+]2cc(C)ccc2-c2ccccc2C)c2ccccc2-3)c1. The standard InChI is InChI=1S/C49H46N3/c1-4-36-27-39(20-18-37-22-25-46-43-14-8-6-12-41(43)33-50(46)31-37)29-40(28-36)21-19-38-23-26-48-44-15-9-10-16-45(44)49(52(48)32-38)51-30-34(2)17-24-47(51)42-13-7-5-11-35(42)3/h5-17,22-32,49H,4,18-21,33H2,1-3H3/q+3. The highest BCUT2D eigenvalue weighted by Crippen LogP contribution is 2.34. The predicted octanol–water partition coefficient (Wildman–Crippen LogP) is 9.07. The fraction of sp³-hybridized carbons (Fsp3) is 0.204. The molecule has 9 rings (SSSR count). The molecule has 254 valence electrons. The second-order valence-corrected chi connectivity index (χ2v) is 14.8. The first-order chi connectivity index (χ1) is 25.5. The first-order valence-electron chi connectivity index (χ1n) is 19.0. The van der Waals surface area contributed by atoms with Crippen LogP contribution in [0.3, 0.4) is 0 Å². The molecule has 1 unspecified atom stereocenters. The largest absolute Gasteiger partial charge is 0.381 e. The third kappa shape index (κ3) is 5.94. The van der Waals surface area contributed by atoms with Crippen molar-refractivity contribution >= 4 is 0 Å². The van der Waals surface area contributed by atoms with Crippen LogP contribution in [0.4, 0.5) is 0 Å². The van der Waals surface area contributed by atoms with Crippen LogP contribution in [0.2, 0.25) is 0 Å². The van der Waals surface area contributed by atoms with Gasteiger partial charge in [0.1, 0.15) is 5.56 Å². The molecule has 0 radical (unpaired) electrons. The summed E-state index contributed by atoms with van der Waals surface area (Å²) in [4.78, 5) is 0. The first-order valence-corrected chi connectivity index (χ1v) is 19.0. The van der Waals surface area contributed by atoms with Crippen molar-refractivity contribution in [3.8, 4) is 33.8 Å². The van der Waals surface area contributed by atoms with Gasteiger partial charge in [0.05, 0.1) is 11.1 Å². The Labute approximate surface area is 308 Å². The first kappa shape index (κ1) is 32.3. The highest BCUT2D eigenvalue weighted by molar-refractivity contribution is 5.65. The quantitative estimate of drug-likeness (QED) is 0.135. The topological polar surface area (TPSA) is 11.6 Å². The Kier molecular flexibility index (Phi) is 8.35. The summed E-state index contributed by atoms with van der Waals surface area (Å²) in [6.45, 7) is 7.66. The Balaban J connectivity index is 0.977. The summed E-state index contributed by atoms with van der Waals surface area (Å²) in [5.74, 6) is 0. The molecule has 5 heterocycles. The van der Waals surface area contributed by atoms with Gasteiger partial charge >= 0.3 is 6.17 Å². The van der Waals surface area contributed by atoms with E-state index in [4.69, 9.17) is 0 Å². The molecule has 0 aliphatic carbocycles. The van der Waals surface area contributed by atoms with Gasteiger partial charge in [-0.3, -0.25) is 0 Å². The minimum absolute atomic E-state index is 0.0437.